The highest BCUT2D eigenvalue weighted by Crippen LogP contribution is 2.26. The molecule has 0 amide bonds. The summed E-state index contributed by atoms with van der Waals surface area (Å²) in [6, 6.07) is 16.6. The number of nitrogens with zero attached hydrogens (tertiary/aromatic N) is 2. The summed E-state index contributed by atoms with van der Waals surface area (Å²) in [5.41, 5.74) is 2.34. The maximum Gasteiger partial charge on any atom is 0.163 e. The molecule has 2 aromatic heterocycles. The molecule has 0 N–H and O–H groups in total. The van der Waals surface area contributed by atoms with Gasteiger partial charge in [0.15, 0.2) is 7.91 Å². The second-order valence-corrected chi connectivity index (χ2v) is 8.02. The molecule has 0 saturated heterocycles. The molecule has 0 spiro atoms. The summed E-state index contributed by atoms with van der Waals surface area (Å²) >= 11 is 14.4. The highest BCUT2D eigenvalue weighted by Gasteiger charge is 2.08. The van der Waals surface area contributed by atoms with Crippen LogP contribution >= 0.6 is 47.1 Å². The van der Waals surface area contributed by atoms with Gasteiger partial charge in [-0.05, 0) is 48.7 Å². The fraction of sp³-hybridized carbons (Fsp3) is 0.0667. The third kappa shape index (κ3) is 2.19. The summed E-state index contributed by atoms with van der Waals surface area (Å²) in [4.78, 5) is 0. The summed E-state index contributed by atoms with van der Waals surface area (Å²) in [6.45, 7) is 0.672. The summed E-state index contributed by atoms with van der Waals surface area (Å²) < 4.78 is 8.51. The van der Waals surface area contributed by atoms with Gasteiger partial charge in [-0.3, -0.25) is 0 Å². The maximum atomic E-state index is 5.53. The lowest BCUT2D eigenvalue weighted by atomic mass is 10.3. The molecule has 0 atom stereocenters. The van der Waals surface area contributed by atoms with Crippen molar-refractivity contribution in [3.05, 3.63) is 56.4 Å². The normalized spacial score (nSPS) is 11.4. The van der Waals surface area contributed by atoms with Crippen LogP contribution in [0.25, 0.3) is 20.4 Å². The van der Waals surface area contributed by atoms with Crippen LogP contribution in [0.15, 0.2) is 48.5 Å². The van der Waals surface area contributed by atoms with Gasteiger partial charge < -0.3 is 9.13 Å². The Hall–Kier alpha value is -1.34. The zero-order chi connectivity index (χ0) is 14.4. The van der Waals surface area contributed by atoms with Gasteiger partial charge in [0.2, 0.25) is 0 Å². The summed E-state index contributed by atoms with van der Waals surface area (Å²) in [7, 11) is 0. The molecule has 4 rings (SSSR count). The molecular weight excluding hydrogens is 336 g/mol. The Kier molecular flexibility index (Phi) is 3.26. The van der Waals surface area contributed by atoms with Crippen LogP contribution in [-0.2, 0) is 6.67 Å². The third-order valence-electron chi connectivity index (χ3n) is 3.43. The second kappa shape index (κ2) is 5.14. The summed E-state index contributed by atoms with van der Waals surface area (Å²) in [5.74, 6) is 0. The molecule has 0 fully saturated rings. The van der Waals surface area contributed by atoms with Crippen molar-refractivity contribution in [2.24, 2.45) is 0 Å². The van der Waals surface area contributed by atoms with Gasteiger partial charge in [0, 0.05) is 0 Å². The minimum atomic E-state index is 0.672. The lowest BCUT2D eigenvalue weighted by Gasteiger charge is -2.07. The maximum absolute atomic E-state index is 5.53. The van der Waals surface area contributed by atoms with E-state index in [2.05, 4.69) is 33.4 Å². The first-order valence-electron chi connectivity index (χ1n) is 6.41. The molecule has 0 bridgehead atoms. The van der Waals surface area contributed by atoms with Gasteiger partial charge in [-0.15, -0.1) is 22.7 Å². The van der Waals surface area contributed by atoms with Crippen molar-refractivity contribution in [1.82, 2.24) is 9.13 Å². The molecule has 2 aromatic carbocycles. The first-order chi connectivity index (χ1) is 10.2. The average molecular weight is 347 g/mol. The van der Waals surface area contributed by atoms with Crippen LogP contribution in [0.2, 0.25) is 0 Å². The van der Waals surface area contributed by atoms with Gasteiger partial charge in [-0.2, -0.15) is 0 Å². The molecule has 2 nitrogen and oxygen atoms in total. The number of benzene rings is 2. The molecule has 4 aromatic rings. The van der Waals surface area contributed by atoms with E-state index in [4.69, 9.17) is 24.4 Å². The van der Waals surface area contributed by atoms with Crippen molar-refractivity contribution in [3.8, 4) is 0 Å². The molecular formula is C15H10N2S4. The van der Waals surface area contributed by atoms with Crippen LogP contribution in [0.3, 0.4) is 0 Å². The first kappa shape index (κ1) is 13.3. The smallest absolute Gasteiger partial charge is 0.163 e. The SMILES string of the molecule is S=c1sc2ccccc2n1Cn1c(=S)sc2ccccc21. The van der Waals surface area contributed by atoms with Gasteiger partial charge in [0.05, 0.1) is 20.4 Å². The summed E-state index contributed by atoms with van der Waals surface area (Å²) in [6.07, 6.45) is 0. The van der Waals surface area contributed by atoms with Crippen molar-refractivity contribution < 1.29 is 0 Å². The van der Waals surface area contributed by atoms with E-state index >= 15 is 0 Å². The Labute approximate surface area is 139 Å². The Balaban J connectivity index is 1.95. The number of fused-ring (bicyclic) bond motifs is 2. The van der Waals surface area contributed by atoms with E-state index in [1.165, 1.54) is 20.4 Å². The van der Waals surface area contributed by atoms with Crippen molar-refractivity contribution in [3.63, 3.8) is 0 Å². The quantitative estimate of drug-likeness (QED) is 0.432. The topological polar surface area (TPSA) is 9.86 Å². The predicted molar refractivity (Wildman–Crippen MR) is 96.7 cm³/mol. The van der Waals surface area contributed by atoms with Crippen LogP contribution in [0, 0.1) is 7.91 Å². The molecule has 6 heteroatoms. The van der Waals surface area contributed by atoms with Crippen molar-refractivity contribution >= 4 is 67.5 Å². The third-order valence-corrected chi connectivity index (χ3v) is 6.29. The summed E-state index contributed by atoms with van der Waals surface area (Å²) in [5, 5.41) is 0. The van der Waals surface area contributed by atoms with Crippen molar-refractivity contribution in [1.29, 1.82) is 0 Å². The number of hydrogen-bond donors (Lipinski definition) is 0. The van der Waals surface area contributed by atoms with Gasteiger partial charge >= 0.3 is 0 Å². The van der Waals surface area contributed by atoms with Gasteiger partial charge in [-0.1, -0.05) is 24.3 Å². The molecule has 21 heavy (non-hydrogen) atoms. The molecule has 0 aliphatic heterocycles. The second-order valence-electron chi connectivity index (χ2n) is 4.67. The van der Waals surface area contributed by atoms with Crippen LogP contribution in [0.1, 0.15) is 0 Å². The Morgan fingerprint density at radius 1 is 0.714 bits per heavy atom. The van der Waals surface area contributed by atoms with E-state index < -0.39 is 0 Å². The zero-order valence-electron chi connectivity index (χ0n) is 10.9. The molecule has 0 radical (unpaired) electrons. The Morgan fingerprint density at radius 2 is 1.14 bits per heavy atom. The predicted octanol–water partition coefficient (Wildman–Crippen LogP) is 5.68. The van der Waals surface area contributed by atoms with Gasteiger partial charge in [0.1, 0.15) is 6.67 Å². The van der Waals surface area contributed by atoms with E-state index in [0.717, 1.165) is 7.91 Å². The van der Waals surface area contributed by atoms with E-state index in [1.54, 1.807) is 22.7 Å². The van der Waals surface area contributed by atoms with E-state index in [1.807, 2.05) is 24.3 Å². The van der Waals surface area contributed by atoms with Crippen LogP contribution < -0.4 is 0 Å². The largest absolute Gasteiger partial charge is 0.304 e. The zero-order valence-corrected chi connectivity index (χ0v) is 14.1. The Morgan fingerprint density at radius 3 is 1.62 bits per heavy atom. The fourth-order valence-corrected chi connectivity index (χ4v) is 5.06. The molecule has 0 saturated carbocycles. The minimum Gasteiger partial charge on any atom is -0.304 e. The molecule has 0 unspecified atom stereocenters. The monoisotopic (exact) mass is 346 g/mol. The number of hydrogen-bond acceptors (Lipinski definition) is 4. The number of rotatable bonds is 2. The van der Waals surface area contributed by atoms with E-state index in [0.29, 0.717) is 6.67 Å². The van der Waals surface area contributed by atoms with Crippen LogP contribution in [0.4, 0.5) is 0 Å². The number of aromatic nitrogens is 2. The van der Waals surface area contributed by atoms with E-state index in [9.17, 15) is 0 Å². The molecule has 2 heterocycles. The van der Waals surface area contributed by atoms with Crippen molar-refractivity contribution in [2.75, 3.05) is 0 Å². The van der Waals surface area contributed by atoms with Crippen LogP contribution in [-0.4, -0.2) is 9.13 Å². The van der Waals surface area contributed by atoms with E-state index in [-0.39, 0.29) is 0 Å². The fourth-order valence-electron chi connectivity index (χ4n) is 2.44. The lowest BCUT2D eigenvalue weighted by Crippen LogP contribution is -2.07. The highest BCUT2D eigenvalue weighted by molar-refractivity contribution is 7.74. The van der Waals surface area contributed by atoms with Crippen molar-refractivity contribution in [2.45, 2.75) is 6.67 Å². The lowest BCUT2D eigenvalue weighted by molar-refractivity contribution is 0.642. The molecule has 0 aliphatic carbocycles. The van der Waals surface area contributed by atoms with Crippen LogP contribution in [0.5, 0.6) is 0 Å². The highest BCUT2D eigenvalue weighted by atomic mass is 32.2. The number of para-hydroxylation sites is 2. The molecule has 0 aliphatic rings. The average Bonchev–Trinajstić information content (AvgIpc) is 2.97. The van der Waals surface area contributed by atoms with Gasteiger partial charge in [0.25, 0.3) is 0 Å². The first-order valence-corrected chi connectivity index (χ1v) is 8.86. The minimum absolute atomic E-state index is 0.672. The standard InChI is InChI=1S/C15H10N2S4/c18-14-16(10-5-1-3-7-12(10)20-14)9-17-11-6-2-4-8-13(11)21-15(17)19/h1-8H,9H2. The molecule has 104 valence electrons. The number of thiazole rings is 2. The van der Waals surface area contributed by atoms with Gasteiger partial charge in [-0.25, -0.2) is 0 Å². The Bertz CT molecular complexity index is 978.